The van der Waals surface area contributed by atoms with Gasteiger partial charge in [0, 0.05) is 5.56 Å². The van der Waals surface area contributed by atoms with E-state index < -0.39 is 6.04 Å². The number of aromatic hydroxyl groups is 1. The minimum atomic E-state index is -0.429. The van der Waals surface area contributed by atoms with Gasteiger partial charge in [0.25, 0.3) is 5.56 Å². The van der Waals surface area contributed by atoms with Crippen LogP contribution in [0.15, 0.2) is 82.1 Å². The first-order valence-corrected chi connectivity index (χ1v) is 12.1. The number of phenolic OH excluding ortho intramolecular Hbond substituents is 1. The summed E-state index contributed by atoms with van der Waals surface area (Å²) in [6, 6.07) is 19.2. The lowest BCUT2D eigenvalue weighted by Gasteiger charge is -2.30. The number of rotatable bonds is 3. The van der Waals surface area contributed by atoms with E-state index in [1.54, 1.807) is 28.8 Å². The number of aryl methyl sites for hydroxylation is 1. The minimum absolute atomic E-state index is 0.0311. The summed E-state index contributed by atoms with van der Waals surface area (Å²) in [5, 5.41) is 9.92. The molecule has 0 saturated carbocycles. The number of phenols is 1. The SMILES string of the molecule is COc1cc(/C=c2\sc3n(c2=O)[C@@H](c2cccc(F)c2)C2=C(N=3)c3ccccc3CC2)ccc1O. The molecule has 0 spiro atoms. The molecule has 1 aliphatic carbocycles. The molecule has 3 aromatic carbocycles. The number of hydrogen-bond acceptors (Lipinski definition) is 5. The third-order valence-electron chi connectivity index (χ3n) is 6.54. The first-order chi connectivity index (χ1) is 17.0. The van der Waals surface area contributed by atoms with Crippen LogP contribution in [0.3, 0.4) is 0 Å². The summed E-state index contributed by atoms with van der Waals surface area (Å²) in [5.41, 5.74) is 5.46. The predicted octanol–water partition coefficient (Wildman–Crippen LogP) is 4.17. The average Bonchev–Trinajstić information content (AvgIpc) is 3.18. The fourth-order valence-corrected chi connectivity index (χ4v) is 5.94. The molecule has 1 N–H and O–H groups in total. The number of allylic oxidation sites excluding steroid dienone is 1. The smallest absolute Gasteiger partial charge is 0.271 e. The molecule has 2 heterocycles. The number of ether oxygens (including phenoxy) is 1. The second-order valence-corrected chi connectivity index (χ2v) is 9.61. The largest absolute Gasteiger partial charge is 0.504 e. The van der Waals surface area contributed by atoms with E-state index in [-0.39, 0.29) is 17.1 Å². The molecule has 2 aliphatic rings. The van der Waals surface area contributed by atoms with Crippen molar-refractivity contribution in [1.82, 2.24) is 4.57 Å². The molecule has 0 fully saturated rings. The van der Waals surface area contributed by atoms with Crippen LogP contribution in [-0.2, 0) is 6.42 Å². The van der Waals surface area contributed by atoms with E-state index in [2.05, 4.69) is 12.1 Å². The molecule has 1 aromatic heterocycles. The molecular formula is C28H21FN2O3S. The number of methoxy groups -OCH3 is 1. The molecule has 1 aliphatic heterocycles. The van der Waals surface area contributed by atoms with Crippen LogP contribution >= 0.6 is 11.3 Å². The van der Waals surface area contributed by atoms with E-state index in [1.165, 1.54) is 42.2 Å². The van der Waals surface area contributed by atoms with Crippen LogP contribution in [0.2, 0.25) is 0 Å². The Morgan fingerprint density at radius 2 is 1.97 bits per heavy atom. The number of benzene rings is 3. The van der Waals surface area contributed by atoms with E-state index in [0.29, 0.717) is 15.1 Å². The van der Waals surface area contributed by atoms with Gasteiger partial charge in [-0.2, -0.15) is 0 Å². The van der Waals surface area contributed by atoms with Crippen molar-refractivity contribution in [3.8, 4) is 11.5 Å². The second-order valence-electron chi connectivity index (χ2n) is 8.60. The van der Waals surface area contributed by atoms with E-state index in [4.69, 9.17) is 9.73 Å². The molecule has 0 amide bonds. The first kappa shape index (κ1) is 21.6. The van der Waals surface area contributed by atoms with Gasteiger partial charge in [0.2, 0.25) is 0 Å². The van der Waals surface area contributed by atoms with Gasteiger partial charge in [0.1, 0.15) is 5.82 Å². The van der Waals surface area contributed by atoms with Gasteiger partial charge in [-0.05, 0) is 65.4 Å². The fraction of sp³-hybridized carbons (Fsp3) is 0.143. The van der Waals surface area contributed by atoms with Gasteiger partial charge in [0.15, 0.2) is 16.3 Å². The molecule has 5 nitrogen and oxygen atoms in total. The highest BCUT2D eigenvalue weighted by Crippen LogP contribution is 2.41. The quantitative estimate of drug-likeness (QED) is 0.475. The first-order valence-electron chi connectivity index (χ1n) is 11.3. The van der Waals surface area contributed by atoms with Crippen molar-refractivity contribution in [3.63, 3.8) is 0 Å². The number of halogens is 1. The van der Waals surface area contributed by atoms with Gasteiger partial charge in [-0.1, -0.05) is 53.8 Å². The van der Waals surface area contributed by atoms with Gasteiger partial charge in [0.05, 0.1) is 23.4 Å². The summed E-state index contributed by atoms with van der Waals surface area (Å²) < 4.78 is 21.7. The van der Waals surface area contributed by atoms with Gasteiger partial charge in [-0.25, -0.2) is 9.38 Å². The van der Waals surface area contributed by atoms with Crippen molar-refractivity contribution in [1.29, 1.82) is 0 Å². The third-order valence-corrected chi connectivity index (χ3v) is 7.52. The normalized spacial score (nSPS) is 16.9. The summed E-state index contributed by atoms with van der Waals surface area (Å²) in [6.07, 6.45) is 3.36. The van der Waals surface area contributed by atoms with E-state index in [1.807, 2.05) is 18.2 Å². The molecule has 174 valence electrons. The Bertz CT molecular complexity index is 1700. The summed E-state index contributed by atoms with van der Waals surface area (Å²) in [6.45, 7) is 0. The maximum Gasteiger partial charge on any atom is 0.271 e. The van der Waals surface area contributed by atoms with E-state index in [9.17, 15) is 14.3 Å². The standard InChI is InChI=1S/C28H21FN2O3S/c1-34-23-13-16(9-12-22(23)32)14-24-27(33)31-26(18-6-4-7-19(29)15-18)21-11-10-17-5-2-3-8-20(17)25(21)30-28(31)35-24/h2-9,12-15,26,32H,10-11H2,1H3/b24-14-/t26-/m0/s1. The van der Waals surface area contributed by atoms with Gasteiger partial charge in [-0.3, -0.25) is 9.36 Å². The number of fused-ring (bicyclic) bond motifs is 3. The Kier molecular flexibility index (Phi) is 5.15. The maximum atomic E-state index is 14.3. The van der Waals surface area contributed by atoms with Gasteiger partial charge < -0.3 is 9.84 Å². The Hall–Kier alpha value is -3.97. The number of aromatic nitrogens is 1. The van der Waals surface area contributed by atoms with Gasteiger partial charge in [-0.15, -0.1) is 0 Å². The molecule has 0 radical (unpaired) electrons. The van der Waals surface area contributed by atoms with Crippen LogP contribution in [0.4, 0.5) is 4.39 Å². The van der Waals surface area contributed by atoms with Gasteiger partial charge >= 0.3 is 0 Å². The number of hydrogen-bond donors (Lipinski definition) is 1. The highest BCUT2D eigenvalue weighted by atomic mass is 32.1. The molecule has 6 rings (SSSR count). The number of nitrogens with zero attached hydrogens (tertiary/aromatic N) is 2. The van der Waals surface area contributed by atoms with E-state index in [0.717, 1.165) is 40.8 Å². The highest BCUT2D eigenvalue weighted by Gasteiger charge is 2.32. The van der Waals surface area contributed by atoms with Crippen molar-refractivity contribution in [3.05, 3.63) is 120 Å². The monoisotopic (exact) mass is 484 g/mol. The molecular weight excluding hydrogens is 463 g/mol. The molecule has 35 heavy (non-hydrogen) atoms. The molecule has 0 saturated heterocycles. The number of thiazole rings is 1. The lowest BCUT2D eigenvalue weighted by atomic mass is 9.83. The minimum Gasteiger partial charge on any atom is -0.504 e. The Morgan fingerprint density at radius 3 is 2.80 bits per heavy atom. The Labute approximate surface area is 204 Å². The van der Waals surface area contributed by atoms with Crippen LogP contribution in [-0.4, -0.2) is 16.8 Å². The Balaban J connectivity index is 1.61. The second kappa shape index (κ2) is 8.36. The van der Waals surface area contributed by atoms with Crippen molar-refractivity contribution in [2.45, 2.75) is 18.9 Å². The van der Waals surface area contributed by atoms with Crippen molar-refractivity contribution in [2.24, 2.45) is 4.99 Å². The maximum absolute atomic E-state index is 14.3. The Morgan fingerprint density at radius 1 is 1.11 bits per heavy atom. The average molecular weight is 485 g/mol. The molecule has 1 atom stereocenters. The highest BCUT2D eigenvalue weighted by molar-refractivity contribution is 7.07. The lowest BCUT2D eigenvalue weighted by molar-refractivity contribution is 0.373. The van der Waals surface area contributed by atoms with Crippen LogP contribution in [0.1, 0.15) is 34.7 Å². The van der Waals surface area contributed by atoms with Crippen molar-refractivity contribution < 1.29 is 14.2 Å². The van der Waals surface area contributed by atoms with Crippen LogP contribution < -0.4 is 19.6 Å². The molecule has 4 aromatic rings. The van der Waals surface area contributed by atoms with Crippen LogP contribution in [0, 0.1) is 5.82 Å². The summed E-state index contributed by atoms with van der Waals surface area (Å²) in [4.78, 5) is 19.3. The fourth-order valence-electron chi connectivity index (χ4n) is 4.93. The molecule has 0 unspecified atom stereocenters. The van der Waals surface area contributed by atoms with E-state index >= 15 is 0 Å². The van der Waals surface area contributed by atoms with Crippen LogP contribution in [0.25, 0.3) is 11.8 Å². The zero-order valence-corrected chi connectivity index (χ0v) is 19.7. The topological polar surface area (TPSA) is 63.8 Å². The molecule has 7 heteroatoms. The molecule has 0 bridgehead atoms. The zero-order valence-electron chi connectivity index (χ0n) is 18.9. The predicted molar refractivity (Wildman–Crippen MR) is 134 cm³/mol. The van der Waals surface area contributed by atoms with Crippen molar-refractivity contribution >= 4 is 23.1 Å². The van der Waals surface area contributed by atoms with Crippen molar-refractivity contribution in [2.75, 3.05) is 7.11 Å². The third kappa shape index (κ3) is 3.59. The summed E-state index contributed by atoms with van der Waals surface area (Å²) >= 11 is 1.30. The van der Waals surface area contributed by atoms with Crippen LogP contribution in [0.5, 0.6) is 11.5 Å². The summed E-state index contributed by atoms with van der Waals surface area (Å²) in [5.74, 6) is 0.0240. The zero-order chi connectivity index (χ0) is 24.1. The summed E-state index contributed by atoms with van der Waals surface area (Å²) in [7, 11) is 1.48. The lowest BCUT2D eigenvalue weighted by Crippen LogP contribution is -2.38.